The molecule has 0 aliphatic carbocycles. The fraction of sp³-hybridized carbons (Fsp3) is 0.150. The van der Waals surface area contributed by atoms with E-state index in [2.05, 4.69) is 15.3 Å². The van der Waals surface area contributed by atoms with Crippen LogP contribution >= 0.6 is 0 Å². The van der Waals surface area contributed by atoms with Crippen LogP contribution in [0.25, 0.3) is 11.1 Å². The van der Waals surface area contributed by atoms with Gasteiger partial charge < -0.3 is 5.32 Å². The summed E-state index contributed by atoms with van der Waals surface area (Å²) in [6.45, 7) is 3.70. The lowest BCUT2D eigenvalue weighted by molar-refractivity contribution is -0.137. The summed E-state index contributed by atoms with van der Waals surface area (Å²) in [5, 5.41) is 2.60. The molecule has 0 saturated carbocycles. The monoisotopic (exact) mass is 371 g/mol. The molecule has 1 aromatic carbocycles. The van der Waals surface area contributed by atoms with Gasteiger partial charge in [-0.15, -0.1) is 0 Å². The molecule has 0 aliphatic heterocycles. The molecule has 3 aromatic rings. The van der Waals surface area contributed by atoms with E-state index < -0.39 is 17.6 Å². The highest BCUT2D eigenvalue weighted by Gasteiger charge is 2.30. The van der Waals surface area contributed by atoms with Crippen molar-refractivity contribution in [1.29, 1.82) is 0 Å². The first-order chi connectivity index (χ1) is 12.7. The van der Waals surface area contributed by atoms with Crippen LogP contribution in [0.5, 0.6) is 0 Å². The van der Waals surface area contributed by atoms with Gasteiger partial charge in [0.25, 0.3) is 5.91 Å². The van der Waals surface area contributed by atoms with Crippen molar-refractivity contribution in [1.82, 2.24) is 9.97 Å². The SMILES string of the molecule is Cc1ccc(-c2cc(NC(=O)c3cccc(C(F)(F)F)c3)cnc2C)cn1. The highest BCUT2D eigenvalue weighted by atomic mass is 19.4. The summed E-state index contributed by atoms with van der Waals surface area (Å²) in [6, 6.07) is 9.76. The molecule has 0 bridgehead atoms. The molecule has 4 nitrogen and oxygen atoms in total. The Bertz CT molecular complexity index is 983. The highest BCUT2D eigenvalue weighted by Crippen LogP contribution is 2.30. The maximum atomic E-state index is 12.8. The Kier molecular flexibility index (Phi) is 4.94. The van der Waals surface area contributed by atoms with Gasteiger partial charge in [-0.1, -0.05) is 12.1 Å². The first-order valence-corrected chi connectivity index (χ1v) is 8.12. The average molecular weight is 371 g/mol. The molecule has 7 heteroatoms. The van der Waals surface area contributed by atoms with E-state index in [0.29, 0.717) is 5.69 Å². The lowest BCUT2D eigenvalue weighted by atomic mass is 10.1. The van der Waals surface area contributed by atoms with Crippen LogP contribution in [0.2, 0.25) is 0 Å². The Balaban J connectivity index is 1.87. The van der Waals surface area contributed by atoms with Gasteiger partial charge in [-0.2, -0.15) is 13.2 Å². The minimum Gasteiger partial charge on any atom is -0.321 e. The van der Waals surface area contributed by atoms with Crippen LogP contribution in [0.4, 0.5) is 18.9 Å². The zero-order valence-electron chi connectivity index (χ0n) is 14.6. The molecule has 1 amide bonds. The van der Waals surface area contributed by atoms with Gasteiger partial charge in [0.15, 0.2) is 0 Å². The molecule has 2 aromatic heterocycles. The molecule has 1 N–H and O–H groups in total. The molecule has 138 valence electrons. The number of carbonyl (C=O) groups is 1. The van der Waals surface area contributed by atoms with Crippen molar-refractivity contribution >= 4 is 11.6 Å². The smallest absolute Gasteiger partial charge is 0.321 e. The Labute approximate surface area is 154 Å². The van der Waals surface area contributed by atoms with E-state index in [-0.39, 0.29) is 5.56 Å². The summed E-state index contributed by atoms with van der Waals surface area (Å²) in [5.41, 5.74) is 2.67. The second-order valence-electron chi connectivity index (χ2n) is 6.08. The number of anilines is 1. The number of alkyl halides is 3. The Morgan fingerprint density at radius 2 is 1.78 bits per heavy atom. The van der Waals surface area contributed by atoms with E-state index in [0.717, 1.165) is 34.6 Å². The van der Waals surface area contributed by atoms with Crippen LogP contribution < -0.4 is 5.32 Å². The number of pyridine rings is 2. The number of carbonyl (C=O) groups excluding carboxylic acids is 1. The first kappa shape index (κ1) is 18.6. The quantitative estimate of drug-likeness (QED) is 0.702. The molecule has 27 heavy (non-hydrogen) atoms. The fourth-order valence-corrected chi connectivity index (χ4v) is 2.56. The summed E-state index contributed by atoms with van der Waals surface area (Å²) >= 11 is 0. The lowest BCUT2D eigenvalue weighted by Gasteiger charge is -2.11. The van der Waals surface area contributed by atoms with Gasteiger partial charge in [0.1, 0.15) is 0 Å². The zero-order chi connectivity index (χ0) is 19.6. The number of hydrogen-bond acceptors (Lipinski definition) is 3. The van der Waals surface area contributed by atoms with E-state index in [1.807, 2.05) is 26.0 Å². The van der Waals surface area contributed by atoms with Crippen LogP contribution in [0.3, 0.4) is 0 Å². The van der Waals surface area contributed by atoms with Crippen molar-refractivity contribution < 1.29 is 18.0 Å². The predicted octanol–water partition coefficient (Wildman–Crippen LogP) is 5.03. The number of rotatable bonds is 3. The van der Waals surface area contributed by atoms with Gasteiger partial charge >= 0.3 is 6.18 Å². The molecule has 0 aliphatic rings. The van der Waals surface area contributed by atoms with Crippen LogP contribution in [-0.4, -0.2) is 15.9 Å². The largest absolute Gasteiger partial charge is 0.416 e. The van der Waals surface area contributed by atoms with Crippen LogP contribution in [0.1, 0.15) is 27.3 Å². The van der Waals surface area contributed by atoms with Gasteiger partial charge in [-0.3, -0.25) is 14.8 Å². The average Bonchev–Trinajstić information content (AvgIpc) is 2.63. The summed E-state index contributed by atoms with van der Waals surface area (Å²) in [4.78, 5) is 20.9. The molecule has 0 unspecified atom stereocenters. The predicted molar refractivity (Wildman–Crippen MR) is 96.3 cm³/mol. The number of amides is 1. The van der Waals surface area contributed by atoms with Crippen molar-refractivity contribution in [2.24, 2.45) is 0 Å². The number of nitrogens with one attached hydrogen (secondary N) is 1. The topological polar surface area (TPSA) is 54.9 Å². The van der Waals surface area contributed by atoms with Crippen LogP contribution in [0, 0.1) is 13.8 Å². The third-order valence-corrected chi connectivity index (χ3v) is 4.02. The normalized spacial score (nSPS) is 11.3. The van der Waals surface area contributed by atoms with Gasteiger partial charge in [-0.25, -0.2) is 0 Å². The van der Waals surface area contributed by atoms with Crippen molar-refractivity contribution in [2.45, 2.75) is 20.0 Å². The Morgan fingerprint density at radius 1 is 1.00 bits per heavy atom. The van der Waals surface area contributed by atoms with E-state index in [1.54, 1.807) is 12.3 Å². The lowest BCUT2D eigenvalue weighted by Crippen LogP contribution is -2.14. The maximum absolute atomic E-state index is 12.8. The number of aromatic nitrogens is 2. The summed E-state index contributed by atoms with van der Waals surface area (Å²) in [7, 11) is 0. The molecule has 2 heterocycles. The molecular weight excluding hydrogens is 355 g/mol. The maximum Gasteiger partial charge on any atom is 0.416 e. The second-order valence-corrected chi connectivity index (χ2v) is 6.08. The second kappa shape index (κ2) is 7.19. The molecule has 0 atom stereocenters. The first-order valence-electron chi connectivity index (χ1n) is 8.12. The van der Waals surface area contributed by atoms with Crippen molar-refractivity contribution in [3.8, 4) is 11.1 Å². The van der Waals surface area contributed by atoms with E-state index in [1.165, 1.54) is 18.3 Å². The molecule has 0 saturated heterocycles. The summed E-state index contributed by atoms with van der Waals surface area (Å²) in [5.74, 6) is -0.639. The van der Waals surface area contributed by atoms with Gasteiger partial charge in [-0.05, 0) is 44.2 Å². The minimum atomic E-state index is -4.51. The van der Waals surface area contributed by atoms with Crippen molar-refractivity contribution in [2.75, 3.05) is 5.32 Å². The minimum absolute atomic E-state index is 0.0797. The van der Waals surface area contributed by atoms with E-state index in [9.17, 15) is 18.0 Å². The van der Waals surface area contributed by atoms with Gasteiger partial charge in [0.05, 0.1) is 17.4 Å². The molecule has 0 fully saturated rings. The number of halogens is 3. The number of aryl methyl sites for hydroxylation is 2. The number of hydrogen-bond donors (Lipinski definition) is 1. The van der Waals surface area contributed by atoms with Gasteiger partial charge in [0.2, 0.25) is 0 Å². The highest BCUT2D eigenvalue weighted by molar-refractivity contribution is 6.04. The zero-order valence-corrected chi connectivity index (χ0v) is 14.6. The molecule has 0 radical (unpaired) electrons. The molecule has 3 rings (SSSR count). The summed E-state index contributed by atoms with van der Waals surface area (Å²) < 4.78 is 38.5. The Hall–Kier alpha value is -3.22. The fourth-order valence-electron chi connectivity index (χ4n) is 2.56. The van der Waals surface area contributed by atoms with E-state index >= 15 is 0 Å². The third kappa shape index (κ3) is 4.31. The van der Waals surface area contributed by atoms with Crippen LogP contribution in [0.15, 0.2) is 54.9 Å². The standard InChI is InChI=1S/C20H16F3N3O/c1-12-6-7-15(10-24-12)18-9-17(11-25-13(18)2)26-19(27)14-4-3-5-16(8-14)20(21,22)23/h3-11H,1-2H3,(H,26,27). The third-order valence-electron chi connectivity index (χ3n) is 4.02. The van der Waals surface area contributed by atoms with Crippen molar-refractivity contribution in [3.63, 3.8) is 0 Å². The summed E-state index contributed by atoms with van der Waals surface area (Å²) in [6.07, 6.45) is -1.34. The molecule has 0 spiro atoms. The van der Waals surface area contributed by atoms with E-state index in [4.69, 9.17) is 0 Å². The number of nitrogens with zero attached hydrogens (tertiary/aromatic N) is 2. The Morgan fingerprint density at radius 3 is 2.44 bits per heavy atom. The van der Waals surface area contributed by atoms with Gasteiger partial charge in [0, 0.05) is 34.3 Å². The number of benzene rings is 1. The molecular formula is C20H16F3N3O. The van der Waals surface area contributed by atoms with Crippen LogP contribution in [-0.2, 0) is 6.18 Å². The van der Waals surface area contributed by atoms with Crippen molar-refractivity contribution in [3.05, 3.63) is 77.4 Å².